The number of aliphatic hydroxyl groups excluding tert-OH is 2. The van der Waals surface area contributed by atoms with Crippen molar-refractivity contribution in [2.75, 3.05) is 48.5 Å². The van der Waals surface area contributed by atoms with Gasteiger partial charge in [-0.3, -0.25) is 29.8 Å². The number of nitrogens with two attached hydrogens (primary N) is 2. The number of nitrogens with one attached hydrogen (secondary N) is 2. The Bertz CT molecular complexity index is 1900. The molecule has 2 aliphatic rings. The molecule has 22 heteroatoms. The summed E-state index contributed by atoms with van der Waals surface area (Å²) in [6, 6.07) is 8.09. The van der Waals surface area contributed by atoms with Gasteiger partial charge in [-0.15, -0.1) is 0 Å². The van der Waals surface area contributed by atoms with Crippen LogP contribution in [0.2, 0.25) is 0 Å². The minimum absolute atomic E-state index is 0.0707. The maximum Gasteiger partial charge on any atom is 0.292 e. The predicted molar refractivity (Wildman–Crippen MR) is 194 cm³/mol. The summed E-state index contributed by atoms with van der Waals surface area (Å²) in [7, 11) is -7.49. The van der Waals surface area contributed by atoms with E-state index in [1.54, 1.807) is 0 Å². The lowest BCUT2D eigenvalue weighted by molar-refractivity contribution is -0.176. The zero-order valence-electron chi connectivity index (χ0n) is 29.4. The number of Topliss-reactive ketones (excluding diaryl/α,β-unsaturated/α-hetero) is 2. The van der Waals surface area contributed by atoms with Crippen LogP contribution >= 0.6 is 0 Å². The molecule has 294 valence electrons. The monoisotopic (exact) mass is 794 g/mol. The largest absolute Gasteiger partial charge is 0.370 e. The van der Waals surface area contributed by atoms with Crippen molar-refractivity contribution in [3.63, 3.8) is 0 Å². The van der Waals surface area contributed by atoms with Crippen LogP contribution in [0.3, 0.4) is 0 Å². The Kier molecular flexibility index (Phi) is 13.6. The highest BCUT2D eigenvalue weighted by atomic mass is 32.2. The number of amides is 2. The van der Waals surface area contributed by atoms with Crippen LogP contribution in [0.5, 0.6) is 0 Å². The number of carbonyl (C=O) groups is 4. The smallest absolute Gasteiger partial charge is 0.292 e. The molecule has 8 N–H and O–H groups in total. The fraction of sp³-hybridized carbons (Fsp3) is 0.438. The quantitative estimate of drug-likeness (QED) is 0.0461. The van der Waals surface area contributed by atoms with Crippen LogP contribution in [0.25, 0.3) is 0 Å². The SMILES string of the molecule is CS(=O)(=O)c1cc(C(=O)NC(N)=NOC(O)C(=O)C(=O)C(O)ON=C(N)NC(=O)c2ccc(N3CCCCC3)c(S(C)(=O)=O)c2)ccc1N1CCCCC1. The minimum Gasteiger partial charge on any atom is -0.370 e. The van der Waals surface area contributed by atoms with Crippen LogP contribution in [-0.4, -0.2) is 114 Å². The van der Waals surface area contributed by atoms with Gasteiger partial charge >= 0.3 is 0 Å². The highest BCUT2D eigenvalue weighted by Crippen LogP contribution is 2.30. The molecule has 0 saturated carbocycles. The van der Waals surface area contributed by atoms with Crippen molar-refractivity contribution in [1.29, 1.82) is 0 Å². The van der Waals surface area contributed by atoms with Crippen molar-refractivity contribution in [2.24, 2.45) is 21.8 Å². The van der Waals surface area contributed by atoms with Gasteiger partial charge in [0.1, 0.15) is 0 Å². The Hall–Kier alpha value is -5.32. The van der Waals surface area contributed by atoms with E-state index >= 15 is 0 Å². The summed E-state index contributed by atoms with van der Waals surface area (Å²) in [4.78, 5) is 62.7. The Morgan fingerprint density at radius 1 is 0.648 bits per heavy atom. The fourth-order valence-electron chi connectivity index (χ4n) is 5.67. The van der Waals surface area contributed by atoms with Crippen molar-refractivity contribution in [3.05, 3.63) is 47.5 Å². The van der Waals surface area contributed by atoms with Crippen LogP contribution in [0, 0.1) is 0 Å². The van der Waals surface area contributed by atoms with E-state index in [2.05, 4.69) is 30.6 Å². The van der Waals surface area contributed by atoms with Crippen LogP contribution in [-0.2, 0) is 38.9 Å². The molecule has 2 fully saturated rings. The van der Waals surface area contributed by atoms with E-state index in [4.69, 9.17) is 11.5 Å². The van der Waals surface area contributed by atoms with Crippen LogP contribution < -0.4 is 31.9 Å². The summed E-state index contributed by atoms with van der Waals surface area (Å²) in [5, 5.41) is 30.4. The number of sulfone groups is 2. The number of nitrogens with zero attached hydrogens (tertiary/aromatic N) is 4. The highest BCUT2D eigenvalue weighted by Gasteiger charge is 2.33. The molecule has 4 rings (SSSR count). The molecule has 0 bridgehead atoms. The third kappa shape index (κ3) is 10.9. The molecule has 0 radical (unpaired) electrons. The van der Waals surface area contributed by atoms with E-state index in [9.17, 15) is 46.2 Å². The number of rotatable bonds is 13. The van der Waals surface area contributed by atoms with E-state index in [0.29, 0.717) is 37.6 Å². The molecule has 54 heavy (non-hydrogen) atoms. The number of anilines is 2. The Morgan fingerprint density at radius 2 is 0.981 bits per heavy atom. The van der Waals surface area contributed by atoms with E-state index in [1.807, 2.05) is 9.80 Å². The molecule has 2 atom stereocenters. The number of piperidine rings is 2. The Morgan fingerprint density at radius 3 is 1.30 bits per heavy atom. The summed E-state index contributed by atoms with van der Waals surface area (Å²) in [5.41, 5.74) is 11.9. The highest BCUT2D eigenvalue weighted by molar-refractivity contribution is 7.91. The average molecular weight is 795 g/mol. The lowest BCUT2D eigenvalue weighted by Gasteiger charge is -2.30. The first kappa shape index (κ1) is 41.4. The average Bonchev–Trinajstić information content (AvgIpc) is 3.14. The predicted octanol–water partition coefficient (Wildman–Crippen LogP) is -1.10. The molecular weight excluding hydrogens is 753 g/mol. The van der Waals surface area contributed by atoms with E-state index in [-0.39, 0.29) is 20.9 Å². The maximum atomic E-state index is 12.8. The standard InChI is InChI=1S/C32H42N8O12S2/c1-53(47,48)23-17-19(9-11-21(23)39-13-5-3-6-14-39)27(43)35-31(33)37-51-29(45)25(41)26(42)30(46)52-38-32(34)36-28(44)20-10-12-22(24(18-20)54(2,49)50)40-15-7-4-8-16-40/h9-12,17-18,29-30,45-46H,3-8,13-16H2,1-2H3,(H3,33,35,37,43)(H3,34,36,38,44). The number of benzene rings is 2. The number of aliphatic hydroxyl groups is 2. The van der Waals surface area contributed by atoms with E-state index in [0.717, 1.165) is 51.0 Å². The van der Waals surface area contributed by atoms with Crippen LogP contribution in [0.4, 0.5) is 11.4 Å². The van der Waals surface area contributed by atoms with Gasteiger partial charge in [0, 0.05) is 49.8 Å². The third-order valence-corrected chi connectivity index (χ3v) is 10.6. The zero-order valence-corrected chi connectivity index (χ0v) is 31.1. The molecule has 2 amide bonds. The van der Waals surface area contributed by atoms with Crippen molar-refractivity contribution in [3.8, 4) is 0 Å². The molecule has 2 saturated heterocycles. The first-order chi connectivity index (χ1) is 25.4. The molecule has 2 heterocycles. The van der Waals surface area contributed by atoms with Crippen LogP contribution in [0.1, 0.15) is 59.2 Å². The molecule has 2 aliphatic heterocycles. The first-order valence-electron chi connectivity index (χ1n) is 16.6. The lowest BCUT2D eigenvalue weighted by Crippen LogP contribution is -2.41. The van der Waals surface area contributed by atoms with E-state index < -0.39 is 67.6 Å². The molecule has 0 spiro atoms. The molecule has 20 nitrogen and oxygen atoms in total. The number of carbonyl (C=O) groups excluding carboxylic acids is 4. The molecular formula is C32H42N8O12S2. The minimum atomic E-state index is -3.74. The van der Waals surface area contributed by atoms with Crippen molar-refractivity contribution >= 4 is 66.3 Å². The molecule has 2 aromatic carbocycles. The van der Waals surface area contributed by atoms with Crippen molar-refractivity contribution in [2.45, 2.75) is 60.9 Å². The number of hydrogen-bond acceptors (Lipinski definition) is 16. The summed E-state index contributed by atoms with van der Waals surface area (Å²) >= 11 is 0. The summed E-state index contributed by atoms with van der Waals surface area (Å²) in [5.74, 6) is -7.01. The van der Waals surface area contributed by atoms with Gasteiger partial charge in [0.2, 0.25) is 11.9 Å². The van der Waals surface area contributed by atoms with Gasteiger partial charge in [-0.1, -0.05) is 0 Å². The second-order valence-electron chi connectivity index (χ2n) is 12.5. The molecule has 2 aromatic rings. The fourth-order valence-corrected chi connectivity index (χ4v) is 7.51. The molecule has 0 aliphatic carbocycles. The van der Waals surface area contributed by atoms with Gasteiger partial charge in [-0.05, 0) is 85.2 Å². The number of oxime groups is 2. The van der Waals surface area contributed by atoms with Gasteiger partial charge in [0.25, 0.3) is 36.0 Å². The first-order valence-corrected chi connectivity index (χ1v) is 20.4. The normalized spacial score (nSPS) is 16.9. The third-order valence-electron chi connectivity index (χ3n) is 8.31. The second kappa shape index (κ2) is 17.7. The number of guanidine groups is 2. The van der Waals surface area contributed by atoms with Gasteiger partial charge < -0.3 is 41.2 Å². The maximum absolute atomic E-state index is 12.8. The number of hydrogen-bond donors (Lipinski definition) is 6. The Balaban J connectivity index is 1.31. The van der Waals surface area contributed by atoms with Crippen molar-refractivity contribution in [1.82, 2.24) is 10.6 Å². The second-order valence-corrected chi connectivity index (χ2v) is 16.5. The summed E-state index contributed by atoms with van der Waals surface area (Å²) < 4.78 is 50.0. The lowest BCUT2D eigenvalue weighted by atomic mass is 10.1. The van der Waals surface area contributed by atoms with Gasteiger partial charge in [-0.2, -0.15) is 0 Å². The van der Waals surface area contributed by atoms with Crippen molar-refractivity contribution < 1.29 is 55.9 Å². The Labute approximate surface area is 310 Å². The summed E-state index contributed by atoms with van der Waals surface area (Å²) in [6.45, 7) is 2.62. The zero-order chi connectivity index (χ0) is 39.8. The number of ketones is 2. The molecule has 0 aromatic heterocycles. The summed E-state index contributed by atoms with van der Waals surface area (Å²) in [6.07, 6.45) is 2.33. The topological polar surface area (TPSA) is 303 Å². The van der Waals surface area contributed by atoms with Gasteiger partial charge in [-0.25, -0.2) is 16.8 Å². The molecule has 2 unspecified atom stereocenters. The van der Waals surface area contributed by atoms with E-state index in [1.165, 1.54) is 36.4 Å². The van der Waals surface area contributed by atoms with Gasteiger partial charge in [0.05, 0.1) is 21.2 Å². The van der Waals surface area contributed by atoms with Gasteiger partial charge in [0.15, 0.2) is 19.7 Å². The van der Waals surface area contributed by atoms with Crippen LogP contribution in [0.15, 0.2) is 56.5 Å².